The van der Waals surface area contributed by atoms with Gasteiger partial charge in [0.15, 0.2) is 6.10 Å². The summed E-state index contributed by atoms with van der Waals surface area (Å²) in [5.74, 6) is -1.02. The summed E-state index contributed by atoms with van der Waals surface area (Å²) in [6, 6.07) is 7.98. The molecule has 0 unspecified atom stereocenters. The first kappa shape index (κ1) is 22.8. The van der Waals surface area contributed by atoms with Gasteiger partial charge in [0.05, 0.1) is 11.3 Å². The molecule has 0 aliphatic carbocycles. The quantitative estimate of drug-likeness (QED) is 0.395. The van der Waals surface area contributed by atoms with E-state index < -0.39 is 29.8 Å². The molecular weight excluding hydrogens is 452 g/mol. The minimum absolute atomic E-state index is 0.110. The number of hydrogen-bond donors (Lipinski definition) is 0. The molecule has 0 saturated carbocycles. The zero-order chi connectivity index (χ0) is 23.8. The highest BCUT2D eigenvalue weighted by molar-refractivity contribution is 5.71. The summed E-state index contributed by atoms with van der Waals surface area (Å²) in [5, 5.41) is 3.83. The Morgan fingerprint density at radius 2 is 1.76 bits per heavy atom. The number of fused-ring (bicyclic) bond motifs is 1. The molecule has 0 spiro atoms. The van der Waals surface area contributed by atoms with E-state index in [-0.39, 0.29) is 17.3 Å². The number of aryl methyl sites for hydroxylation is 1. The molecular formula is C22H17F6N3O2. The predicted molar refractivity (Wildman–Crippen MR) is 107 cm³/mol. The van der Waals surface area contributed by atoms with Crippen LogP contribution in [-0.4, -0.2) is 28.6 Å². The Bertz CT molecular complexity index is 1180. The van der Waals surface area contributed by atoms with Crippen molar-refractivity contribution in [1.82, 2.24) is 10.1 Å². The van der Waals surface area contributed by atoms with Crippen LogP contribution < -0.4 is 4.74 Å². The molecule has 0 amide bonds. The lowest BCUT2D eigenvalue weighted by Gasteiger charge is -2.20. The first-order valence-corrected chi connectivity index (χ1v) is 9.97. The second-order valence-corrected chi connectivity index (χ2v) is 7.48. The van der Waals surface area contributed by atoms with Crippen LogP contribution in [0.2, 0.25) is 0 Å². The molecule has 2 aromatic carbocycles. The maximum absolute atomic E-state index is 13.5. The molecule has 1 atom stereocenters. The normalized spacial score (nSPS) is 15.1. The minimum Gasteiger partial charge on any atom is -0.481 e. The molecule has 0 saturated heterocycles. The predicted octanol–water partition coefficient (Wildman–Crippen LogP) is 6.79. The number of alkyl halides is 6. The number of ether oxygens (including phenoxy) is 1. The van der Waals surface area contributed by atoms with Crippen LogP contribution in [0.5, 0.6) is 5.75 Å². The Balaban J connectivity index is 1.66. The van der Waals surface area contributed by atoms with Crippen LogP contribution in [0.1, 0.15) is 30.9 Å². The number of benzene rings is 2. The van der Waals surface area contributed by atoms with E-state index in [0.717, 1.165) is 42.6 Å². The lowest BCUT2D eigenvalue weighted by atomic mass is 10.0. The van der Waals surface area contributed by atoms with Gasteiger partial charge in [-0.15, -0.1) is 0 Å². The lowest BCUT2D eigenvalue weighted by Crippen LogP contribution is -2.31. The van der Waals surface area contributed by atoms with Crippen molar-refractivity contribution in [2.24, 2.45) is 4.99 Å². The number of hydrogen-bond acceptors (Lipinski definition) is 5. The van der Waals surface area contributed by atoms with Gasteiger partial charge in [0.25, 0.3) is 5.89 Å². The maximum Gasteiger partial charge on any atom is 0.425 e. The SMILES string of the molecule is C[C@@H](Oc1ccc(-c2nc(-c3ccc4c(c3)N=CCCC4)no2)cc1C(F)(F)F)C(F)(F)F. The summed E-state index contributed by atoms with van der Waals surface area (Å²) < 4.78 is 88.5. The Morgan fingerprint density at radius 1 is 1.00 bits per heavy atom. The van der Waals surface area contributed by atoms with Crippen molar-refractivity contribution in [1.29, 1.82) is 0 Å². The maximum atomic E-state index is 13.5. The average molecular weight is 469 g/mol. The molecule has 1 aliphatic heterocycles. The van der Waals surface area contributed by atoms with E-state index in [1.807, 2.05) is 12.3 Å². The molecule has 11 heteroatoms. The molecule has 0 bridgehead atoms. The van der Waals surface area contributed by atoms with Gasteiger partial charge < -0.3 is 9.26 Å². The monoisotopic (exact) mass is 469 g/mol. The van der Waals surface area contributed by atoms with Gasteiger partial charge in [-0.3, -0.25) is 4.99 Å². The molecule has 1 aliphatic rings. The van der Waals surface area contributed by atoms with Crippen molar-refractivity contribution in [3.63, 3.8) is 0 Å². The third-order valence-corrected chi connectivity index (χ3v) is 5.08. The molecule has 5 nitrogen and oxygen atoms in total. The Kier molecular flexibility index (Phi) is 5.89. The highest BCUT2D eigenvalue weighted by atomic mass is 19.4. The van der Waals surface area contributed by atoms with Crippen LogP contribution in [0.3, 0.4) is 0 Å². The molecule has 0 fully saturated rings. The van der Waals surface area contributed by atoms with Crippen LogP contribution in [-0.2, 0) is 12.6 Å². The molecule has 0 radical (unpaired) electrons. The number of halogens is 6. The Hall–Kier alpha value is -3.37. The standard InChI is InChI=1S/C22H17F6N3O2/c1-12(21(23,24)25)32-18-8-7-15(10-16(18)22(26,27)28)20-30-19(31-33-20)14-6-5-13-4-2-3-9-29-17(13)11-14/h5-12H,2-4H2,1H3/t12-/m1/s1. The van der Waals surface area contributed by atoms with Crippen LogP contribution in [0.25, 0.3) is 22.8 Å². The third-order valence-electron chi connectivity index (χ3n) is 5.08. The number of aromatic nitrogens is 2. The summed E-state index contributed by atoms with van der Waals surface area (Å²) in [4.78, 5) is 8.56. The van der Waals surface area contributed by atoms with Gasteiger partial charge in [-0.2, -0.15) is 31.3 Å². The van der Waals surface area contributed by atoms with E-state index in [1.165, 1.54) is 0 Å². The highest BCUT2D eigenvalue weighted by Crippen LogP contribution is 2.40. The molecule has 4 rings (SSSR count). The van der Waals surface area contributed by atoms with Gasteiger partial charge in [0.1, 0.15) is 5.75 Å². The fourth-order valence-electron chi connectivity index (χ4n) is 3.28. The average Bonchev–Trinajstić information content (AvgIpc) is 3.11. The van der Waals surface area contributed by atoms with Crippen LogP contribution in [0.15, 0.2) is 45.9 Å². The fourth-order valence-corrected chi connectivity index (χ4v) is 3.28. The fraction of sp³-hybridized carbons (Fsp3) is 0.318. The van der Waals surface area contributed by atoms with Crippen molar-refractivity contribution in [2.45, 2.75) is 44.6 Å². The number of rotatable bonds is 4. The molecule has 174 valence electrons. The number of aliphatic imine (C=N–C) groups is 1. The molecule has 1 aromatic heterocycles. The summed E-state index contributed by atoms with van der Waals surface area (Å²) in [5.41, 5.74) is 0.902. The zero-order valence-corrected chi connectivity index (χ0v) is 17.2. The van der Waals surface area contributed by atoms with Crippen molar-refractivity contribution in [2.75, 3.05) is 0 Å². The van der Waals surface area contributed by atoms with E-state index >= 15 is 0 Å². The van der Waals surface area contributed by atoms with Gasteiger partial charge in [-0.05, 0) is 56.0 Å². The van der Waals surface area contributed by atoms with Crippen molar-refractivity contribution < 1.29 is 35.6 Å². The Labute approximate surface area is 184 Å². The van der Waals surface area contributed by atoms with E-state index in [0.29, 0.717) is 18.6 Å². The van der Waals surface area contributed by atoms with E-state index in [1.54, 1.807) is 12.1 Å². The second kappa shape index (κ2) is 8.53. The summed E-state index contributed by atoms with van der Waals surface area (Å²) in [6.45, 7) is 0.628. The molecule has 2 heterocycles. The van der Waals surface area contributed by atoms with E-state index in [9.17, 15) is 26.3 Å². The van der Waals surface area contributed by atoms with Gasteiger partial charge in [0, 0.05) is 17.3 Å². The largest absolute Gasteiger partial charge is 0.481 e. The first-order chi connectivity index (χ1) is 15.5. The van der Waals surface area contributed by atoms with Crippen molar-refractivity contribution in [3.8, 4) is 28.6 Å². The second-order valence-electron chi connectivity index (χ2n) is 7.48. The summed E-state index contributed by atoms with van der Waals surface area (Å²) >= 11 is 0. The van der Waals surface area contributed by atoms with Gasteiger partial charge in [-0.25, -0.2) is 0 Å². The summed E-state index contributed by atoms with van der Waals surface area (Å²) in [7, 11) is 0. The lowest BCUT2D eigenvalue weighted by molar-refractivity contribution is -0.191. The molecule has 3 aromatic rings. The smallest absolute Gasteiger partial charge is 0.425 e. The van der Waals surface area contributed by atoms with E-state index in [4.69, 9.17) is 4.52 Å². The summed E-state index contributed by atoms with van der Waals surface area (Å²) in [6.07, 6.45) is -7.68. The first-order valence-electron chi connectivity index (χ1n) is 9.97. The molecule has 0 N–H and O–H groups in total. The third kappa shape index (κ3) is 5.01. The van der Waals surface area contributed by atoms with Crippen molar-refractivity contribution >= 4 is 11.9 Å². The Morgan fingerprint density at radius 3 is 2.48 bits per heavy atom. The van der Waals surface area contributed by atoms with E-state index in [2.05, 4.69) is 19.9 Å². The van der Waals surface area contributed by atoms with Gasteiger partial charge in [-0.1, -0.05) is 17.3 Å². The number of nitrogens with zero attached hydrogens (tertiary/aromatic N) is 3. The van der Waals surface area contributed by atoms with Gasteiger partial charge >= 0.3 is 12.4 Å². The van der Waals surface area contributed by atoms with Crippen molar-refractivity contribution in [3.05, 3.63) is 47.5 Å². The minimum atomic E-state index is -4.96. The van der Waals surface area contributed by atoms with Crippen LogP contribution in [0, 0.1) is 0 Å². The molecule has 33 heavy (non-hydrogen) atoms. The highest BCUT2D eigenvalue weighted by Gasteiger charge is 2.41. The van der Waals surface area contributed by atoms with Crippen LogP contribution >= 0.6 is 0 Å². The van der Waals surface area contributed by atoms with Gasteiger partial charge in [0.2, 0.25) is 5.82 Å². The topological polar surface area (TPSA) is 60.5 Å². The van der Waals surface area contributed by atoms with Crippen LogP contribution in [0.4, 0.5) is 32.0 Å². The zero-order valence-electron chi connectivity index (χ0n) is 17.2.